The number of ketones is 1. The maximum absolute atomic E-state index is 12.7. The Morgan fingerprint density at radius 3 is 2.32 bits per heavy atom. The summed E-state index contributed by atoms with van der Waals surface area (Å²) in [5.74, 6) is -0.270. The van der Waals surface area contributed by atoms with E-state index in [4.69, 9.17) is 4.74 Å². The molecule has 1 unspecified atom stereocenters. The average Bonchev–Trinajstić information content (AvgIpc) is 2.63. The van der Waals surface area contributed by atoms with Crippen molar-refractivity contribution in [1.82, 2.24) is 0 Å². The van der Waals surface area contributed by atoms with Gasteiger partial charge in [0.1, 0.15) is 10.7 Å². The van der Waals surface area contributed by atoms with Crippen molar-refractivity contribution in [3.63, 3.8) is 0 Å². The SMILES string of the molecule is CSC1(C(=O)c2ccccc2)C/C(=C\C(=O)OCc2ccccc2)S1. The summed E-state index contributed by atoms with van der Waals surface area (Å²) in [6, 6.07) is 18.8. The molecule has 1 aliphatic rings. The second kappa shape index (κ2) is 7.93. The molecule has 25 heavy (non-hydrogen) atoms. The number of rotatable bonds is 6. The molecule has 0 radical (unpaired) electrons. The minimum atomic E-state index is -0.535. The molecule has 1 aliphatic heterocycles. The van der Waals surface area contributed by atoms with Crippen LogP contribution < -0.4 is 0 Å². The van der Waals surface area contributed by atoms with E-state index in [0.717, 1.165) is 10.5 Å². The van der Waals surface area contributed by atoms with E-state index in [2.05, 4.69) is 0 Å². The molecule has 0 N–H and O–H groups in total. The first-order valence-corrected chi connectivity index (χ1v) is 9.92. The Bertz CT molecular complexity index is 777. The number of carbonyl (C=O) groups excluding carboxylic acids is 2. The van der Waals surface area contributed by atoms with Crippen LogP contribution >= 0.6 is 23.5 Å². The minimum Gasteiger partial charge on any atom is -0.458 e. The van der Waals surface area contributed by atoms with E-state index in [9.17, 15) is 9.59 Å². The number of ether oxygens (including phenoxy) is 1. The van der Waals surface area contributed by atoms with Crippen molar-refractivity contribution in [2.75, 3.05) is 6.26 Å². The smallest absolute Gasteiger partial charge is 0.331 e. The van der Waals surface area contributed by atoms with Crippen LogP contribution in [0.1, 0.15) is 22.3 Å². The van der Waals surface area contributed by atoms with Crippen molar-refractivity contribution in [2.24, 2.45) is 0 Å². The number of thioether (sulfide) groups is 2. The summed E-state index contributed by atoms with van der Waals surface area (Å²) >= 11 is 2.97. The minimum absolute atomic E-state index is 0.0976. The normalized spacial score (nSPS) is 20.8. The van der Waals surface area contributed by atoms with Gasteiger partial charge in [-0.15, -0.1) is 23.5 Å². The van der Waals surface area contributed by atoms with E-state index < -0.39 is 4.08 Å². The molecule has 1 fully saturated rings. The van der Waals surface area contributed by atoms with Crippen LogP contribution in [0.15, 0.2) is 71.6 Å². The lowest BCUT2D eigenvalue weighted by Gasteiger charge is -2.39. The Kier molecular flexibility index (Phi) is 5.66. The second-order valence-corrected chi connectivity index (χ2v) is 8.42. The Labute approximate surface area is 155 Å². The molecular formula is C20H18O3S2. The Hall–Kier alpha value is -1.98. The number of esters is 1. The van der Waals surface area contributed by atoms with Gasteiger partial charge in [0.05, 0.1) is 0 Å². The van der Waals surface area contributed by atoms with Crippen LogP contribution in [0.3, 0.4) is 0 Å². The van der Waals surface area contributed by atoms with Crippen LogP contribution in [-0.4, -0.2) is 22.1 Å². The summed E-state index contributed by atoms with van der Waals surface area (Å²) in [5, 5.41) is 0. The van der Waals surface area contributed by atoms with Crippen LogP contribution in [0.4, 0.5) is 0 Å². The van der Waals surface area contributed by atoms with Crippen molar-refractivity contribution < 1.29 is 14.3 Å². The fraction of sp³-hybridized carbons (Fsp3) is 0.200. The zero-order valence-corrected chi connectivity index (χ0v) is 15.4. The molecule has 1 saturated heterocycles. The first-order chi connectivity index (χ1) is 12.1. The summed E-state index contributed by atoms with van der Waals surface area (Å²) in [6.45, 7) is 0.255. The number of carbonyl (C=O) groups is 2. The molecule has 128 valence electrons. The van der Waals surface area contributed by atoms with E-state index in [1.54, 1.807) is 0 Å². The number of Topliss-reactive ketones (excluding diaryl/α,β-unsaturated/α-hetero) is 1. The van der Waals surface area contributed by atoms with Crippen LogP contribution in [0.2, 0.25) is 0 Å². The Morgan fingerprint density at radius 1 is 1.12 bits per heavy atom. The quantitative estimate of drug-likeness (QED) is 0.419. The molecule has 3 nitrogen and oxygen atoms in total. The zero-order valence-electron chi connectivity index (χ0n) is 13.8. The second-order valence-electron chi connectivity index (χ2n) is 5.63. The third-order valence-corrected chi connectivity index (χ3v) is 6.84. The molecule has 2 aromatic rings. The van der Waals surface area contributed by atoms with Gasteiger partial charge in [0.2, 0.25) is 0 Å². The summed E-state index contributed by atoms with van der Waals surface area (Å²) in [6.07, 6.45) is 3.99. The molecule has 3 rings (SSSR count). The van der Waals surface area contributed by atoms with Crippen molar-refractivity contribution in [1.29, 1.82) is 0 Å². The maximum Gasteiger partial charge on any atom is 0.331 e. The molecule has 5 heteroatoms. The lowest BCUT2D eigenvalue weighted by molar-refractivity contribution is -0.139. The van der Waals surface area contributed by atoms with Crippen molar-refractivity contribution in [2.45, 2.75) is 17.1 Å². The van der Waals surface area contributed by atoms with E-state index in [1.807, 2.05) is 66.9 Å². The number of benzene rings is 2. The molecule has 0 saturated carbocycles. The standard InChI is InChI=1S/C20H18O3S2/c1-24-20(19(22)16-10-6-3-7-11-16)13-17(25-20)12-18(21)23-14-15-8-4-2-5-9-15/h2-12H,13-14H2,1H3/b17-12+. The molecule has 0 bridgehead atoms. The first kappa shape index (κ1) is 17.8. The predicted octanol–water partition coefficient (Wildman–Crippen LogP) is 4.69. The van der Waals surface area contributed by atoms with Gasteiger partial charge in [0.15, 0.2) is 5.78 Å². The molecule has 0 aliphatic carbocycles. The molecule has 0 aromatic heterocycles. The fourth-order valence-electron chi connectivity index (χ4n) is 2.56. The highest BCUT2D eigenvalue weighted by atomic mass is 32.2. The van der Waals surface area contributed by atoms with Gasteiger partial charge in [-0.3, -0.25) is 4.79 Å². The van der Waals surface area contributed by atoms with E-state index in [-0.39, 0.29) is 18.4 Å². The van der Waals surface area contributed by atoms with Gasteiger partial charge in [-0.05, 0) is 16.7 Å². The van der Waals surface area contributed by atoms with Gasteiger partial charge in [0.25, 0.3) is 0 Å². The molecule has 0 spiro atoms. The average molecular weight is 370 g/mol. The summed E-state index contributed by atoms with van der Waals surface area (Å²) < 4.78 is 4.73. The molecule has 1 heterocycles. The van der Waals surface area contributed by atoms with Gasteiger partial charge < -0.3 is 4.74 Å². The predicted molar refractivity (Wildman–Crippen MR) is 104 cm³/mol. The van der Waals surface area contributed by atoms with Gasteiger partial charge in [-0.25, -0.2) is 4.79 Å². The summed E-state index contributed by atoms with van der Waals surface area (Å²) in [7, 11) is 0. The highest BCUT2D eigenvalue weighted by molar-refractivity contribution is 8.22. The fourth-order valence-corrected chi connectivity index (χ4v) is 4.97. The van der Waals surface area contributed by atoms with Gasteiger partial charge >= 0.3 is 5.97 Å². The Morgan fingerprint density at radius 2 is 1.72 bits per heavy atom. The zero-order chi connectivity index (χ0) is 17.7. The van der Waals surface area contributed by atoms with Crippen molar-refractivity contribution >= 4 is 35.3 Å². The van der Waals surface area contributed by atoms with Crippen molar-refractivity contribution in [3.05, 3.63) is 82.8 Å². The summed E-state index contributed by atoms with van der Waals surface area (Å²) in [4.78, 5) is 25.6. The number of hydrogen-bond acceptors (Lipinski definition) is 5. The van der Waals surface area contributed by atoms with Gasteiger partial charge in [-0.1, -0.05) is 60.7 Å². The van der Waals surface area contributed by atoms with Gasteiger partial charge in [0, 0.05) is 18.1 Å². The van der Waals surface area contributed by atoms with E-state index in [0.29, 0.717) is 12.0 Å². The maximum atomic E-state index is 12.7. The monoisotopic (exact) mass is 370 g/mol. The third kappa shape index (κ3) is 4.17. The van der Waals surface area contributed by atoms with Gasteiger partial charge in [-0.2, -0.15) is 0 Å². The summed E-state index contributed by atoms with van der Waals surface area (Å²) in [5.41, 5.74) is 1.66. The first-order valence-electron chi connectivity index (χ1n) is 7.88. The largest absolute Gasteiger partial charge is 0.458 e. The Balaban J connectivity index is 1.58. The van der Waals surface area contributed by atoms with Crippen LogP contribution in [-0.2, 0) is 16.1 Å². The third-order valence-electron chi connectivity index (χ3n) is 3.92. The lowest BCUT2D eigenvalue weighted by Crippen LogP contribution is -2.38. The topological polar surface area (TPSA) is 43.4 Å². The van der Waals surface area contributed by atoms with Crippen LogP contribution in [0.25, 0.3) is 0 Å². The van der Waals surface area contributed by atoms with Crippen LogP contribution in [0.5, 0.6) is 0 Å². The van der Waals surface area contributed by atoms with E-state index in [1.165, 1.54) is 29.6 Å². The highest BCUT2D eigenvalue weighted by Crippen LogP contribution is 2.57. The molecular weight excluding hydrogens is 352 g/mol. The van der Waals surface area contributed by atoms with Crippen LogP contribution in [0, 0.1) is 0 Å². The van der Waals surface area contributed by atoms with Crippen molar-refractivity contribution in [3.8, 4) is 0 Å². The van der Waals surface area contributed by atoms with E-state index >= 15 is 0 Å². The molecule has 0 amide bonds. The molecule has 1 atom stereocenters. The number of allylic oxidation sites excluding steroid dienone is 1. The molecule has 2 aromatic carbocycles. The number of hydrogen-bond donors (Lipinski definition) is 0. The highest BCUT2D eigenvalue weighted by Gasteiger charge is 2.48. The lowest BCUT2D eigenvalue weighted by atomic mass is 10.0.